The maximum atomic E-state index is 12.3. The van der Waals surface area contributed by atoms with Crippen molar-refractivity contribution in [2.75, 3.05) is 0 Å². The zero-order valence-electron chi connectivity index (χ0n) is 12.0. The van der Waals surface area contributed by atoms with Crippen LogP contribution in [0.4, 0.5) is 13.2 Å². The van der Waals surface area contributed by atoms with E-state index in [1.165, 1.54) is 44.4 Å². The van der Waals surface area contributed by atoms with Crippen LogP contribution in [0.1, 0.15) is 63.5 Å². The Morgan fingerprint density at radius 2 is 1.70 bits per heavy atom. The summed E-state index contributed by atoms with van der Waals surface area (Å²) in [6.45, 7) is 2.89. The van der Waals surface area contributed by atoms with E-state index in [0.717, 1.165) is 12.8 Å². The van der Waals surface area contributed by atoms with E-state index in [1.54, 1.807) is 10.8 Å². The van der Waals surface area contributed by atoms with Gasteiger partial charge in [0.05, 0.1) is 0 Å². The fourth-order valence-electron chi connectivity index (χ4n) is 2.20. The molecule has 0 saturated heterocycles. The van der Waals surface area contributed by atoms with Crippen LogP contribution in [0.15, 0.2) is 18.5 Å². The molecule has 0 fully saturated rings. The standard InChI is InChI=1S/C15H24F3NO/c1-2-3-4-5-6-7-8-10-19-11-9-13(12-19)14(20)15(16,17)18/h9,11-12,14,20H,2-8,10H2,1H3. The first-order valence-electron chi connectivity index (χ1n) is 7.35. The largest absolute Gasteiger partial charge is 0.418 e. The van der Waals surface area contributed by atoms with Crippen molar-refractivity contribution in [2.45, 2.75) is 70.7 Å². The highest BCUT2D eigenvalue weighted by atomic mass is 19.4. The Hall–Kier alpha value is -0.970. The average Bonchev–Trinajstić information content (AvgIpc) is 2.84. The lowest BCUT2D eigenvalue weighted by molar-refractivity contribution is -0.206. The molecule has 0 amide bonds. The van der Waals surface area contributed by atoms with Gasteiger partial charge in [0, 0.05) is 24.5 Å². The van der Waals surface area contributed by atoms with Gasteiger partial charge in [-0.1, -0.05) is 45.4 Å². The van der Waals surface area contributed by atoms with Gasteiger partial charge >= 0.3 is 6.18 Å². The Labute approximate surface area is 118 Å². The molecule has 1 atom stereocenters. The van der Waals surface area contributed by atoms with Gasteiger partial charge in [0.2, 0.25) is 0 Å². The highest BCUT2D eigenvalue weighted by Gasteiger charge is 2.39. The molecule has 0 bridgehead atoms. The highest BCUT2D eigenvalue weighted by molar-refractivity contribution is 5.15. The van der Waals surface area contributed by atoms with Crippen molar-refractivity contribution in [1.82, 2.24) is 4.57 Å². The van der Waals surface area contributed by atoms with E-state index in [-0.39, 0.29) is 5.56 Å². The van der Waals surface area contributed by atoms with Crippen LogP contribution in [0, 0.1) is 0 Å². The number of aryl methyl sites for hydroxylation is 1. The monoisotopic (exact) mass is 291 g/mol. The lowest BCUT2D eigenvalue weighted by atomic mass is 10.1. The minimum atomic E-state index is -4.59. The van der Waals surface area contributed by atoms with Crippen LogP contribution in [0.2, 0.25) is 0 Å². The maximum absolute atomic E-state index is 12.3. The number of nitrogens with zero attached hydrogens (tertiary/aromatic N) is 1. The second kappa shape index (κ2) is 8.35. The van der Waals surface area contributed by atoms with Gasteiger partial charge in [0.15, 0.2) is 6.10 Å². The smallest absolute Gasteiger partial charge is 0.379 e. The molecular weight excluding hydrogens is 267 g/mol. The topological polar surface area (TPSA) is 25.2 Å². The van der Waals surface area contributed by atoms with Crippen LogP contribution in [-0.4, -0.2) is 15.8 Å². The predicted molar refractivity (Wildman–Crippen MR) is 73.4 cm³/mol. The van der Waals surface area contributed by atoms with Gasteiger partial charge in [0.1, 0.15) is 0 Å². The van der Waals surface area contributed by atoms with E-state index in [0.29, 0.717) is 6.54 Å². The van der Waals surface area contributed by atoms with E-state index in [1.807, 2.05) is 0 Å². The number of aliphatic hydroxyl groups is 1. The second-order valence-electron chi connectivity index (χ2n) is 5.25. The van der Waals surface area contributed by atoms with E-state index < -0.39 is 12.3 Å². The molecule has 5 heteroatoms. The molecule has 0 spiro atoms. The van der Waals surface area contributed by atoms with Crippen LogP contribution in [-0.2, 0) is 6.54 Å². The molecule has 0 aliphatic carbocycles. The van der Waals surface area contributed by atoms with Crippen LogP contribution in [0.3, 0.4) is 0 Å². The number of hydrogen-bond donors (Lipinski definition) is 1. The average molecular weight is 291 g/mol. The quantitative estimate of drug-likeness (QED) is 0.647. The first kappa shape index (κ1) is 17.1. The third-order valence-corrected chi connectivity index (χ3v) is 3.42. The van der Waals surface area contributed by atoms with Gasteiger partial charge in [-0.05, 0) is 12.5 Å². The van der Waals surface area contributed by atoms with Crippen molar-refractivity contribution >= 4 is 0 Å². The second-order valence-corrected chi connectivity index (χ2v) is 5.25. The minimum absolute atomic E-state index is 0.0829. The predicted octanol–water partition coefficient (Wildman–Crippen LogP) is 4.83. The number of aromatic nitrogens is 1. The summed E-state index contributed by atoms with van der Waals surface area (Å²) in [5, 5.41) is 9.12. The summed E-state index contributed by atoms with van der Waals surface area (Å²) in [5.41, 5.74) is -0.0829. The Morgan fingerprint density at radius 3 is 2.30 bits per heavy atom. The van der Waals surface area contributed by atoms with Gasteiger partial charge in [-0.2, -0.15) is 13.2 Å². The molecule has 1 heterocycles. The summed E-state index contributed by atoms with van der Waals surface area (Å²) in [6, 6.07) is 1.33. The van der Waals surface area contributed by atoms with Crippen LogP contribution < -0.4 is 0 Å². The molecule has 0 aliphatic heterocycles. The first-order chi connectivity index (χ1) is 9.45. The molecule has 2 nitrogen and oxygen atoms in total. The summed E-state index contributed by atoms with van der Waals surface area (Å²) in [5.74, 6) is 0. The summed E-state index contributed by atoms with van der Waals surface area (Å²) in [7, 11) is 0. The molecule has 1 unspecified atom stereocenters. The van der Waals surface area contributed by atoms with Crippen molar-refractivity contribution in [3.8, 4) is 0 Å². The Balaban J connectivity index is 2.24. The summed E-state index contributed by atoms with van der Waals surface area (Å²) >= 11 is 0. The third kappa shape index (κ3) is 5.99. The van der Waals surface area contributed by atoms with E-state index in [2.05, 4.69) is 6.92 Å². The lowest BCUT2D eigenvalue weighted by Crippen LogP contribution is -2.19. The van der Waals surface area contributed by atoms with Gasteiger partial charge in [-0.25, -0.2) is 0 Å². The van der Waals surface area contributed by atoms with Crippen LogP contribution >= 0.6 is 0 Å². The van der Waals surface area contributed by atoms with Crippen LogP contribution in [0.25, 0.3) is 0 Å². The van der Waals surface area contributed by atoms with E-state index in [4.69, 9.17) is 5.11 Å². The Morgan fingerprint density at radius 1 is 1.10 bits per heavy atom. The number of aliphatic hydroxyl groups excluding tert-OH is 1. The van der Waals surface area contributed by atoms with Gasteiger partial charge in [0.25, 0.3) is 0 Å². The first-order valence-corrected chi connectivity index (χ1v) is 7.35. The number of unbranched alkanes of at least 4 members (excludes halogenated alkanes) is 6. The third-order valence-electron chi connectivity index (χ3n) is 3.42. The highest BCUT2D eigenvalue weighted by Crippen LogP contribution is 2.32. The summed E-state index contributed by atoms with van der Waals surface area (Å²) in [6.07, 6.45) is 4.25. The van der Waals surface area contributed by atoms with Gasteiger partial charge in [-0.15, -0.1) is 0 Å². The molecular formula is C15H24F3NO. The molecule has 1 rings (SSSR count). The maximum Gasteiger partial charge on any atom is 0.418 e. The molecule has 0 radical (unpaired) electrons. The Bertz CT molecular complexity index is 373. The zero-order chi connectivity index (χ0) is 15.0. The molecule has 0 aliphatic rings. The van der Waals surface area contributed by atoms with Crippen LogP contribution in [0.5, 0.6) is 0 Å². The Kier molecular flexibility index (Phi) is 7.13. The molecule has 1 aromatic heterocycles. The fourth-order valence-corrected chi connectivity index (χ4v) is 2.20. The number of rotatable bonds is 9. The molecule has 1 N–H and O–H groups in total. The minimum Gasteiger partial charge on any atom is -0.379 e. The molecule has 0 saturated carbocycles. The molecule has 116 valence electrons. The van der Waals surface area contributed by atoms with Gasteiger partial charge in [-0.3, -0.25) is 0 Å². The van der Waals surface area contributed by atoms with Crippen molar-refractivity contribution in [3.63, 3.8) is 0 Å². The number of alkyl halides is 3. The number of halogens is 3. The number of hydrogen-bond acceptors (Lipinski definition) is 1. The normalized spacial score (nSPS) is 13.7. The molecule has 0 aromatic carbocycles. The zero-order valence-corrected chi connectivity index (χ0v) is 12.0. The van der Waals surface area contributed by atoms with Crippen molar-refractivity contribution < 1.29 is 18.3 Å². The SMILES string of the molecule is CCCCCCCCCn1ccc(C(O)C(F)(F)F)c1. The molecule has 20 heavy (non-hydrogen) atoms. The van der Waals surface area contributed by atoms with Crippen molar-refractivity contribution in [1.29, 1.82) is 0 Å². The summed E-state index contributed by atoms with van der Waals surface area (Å²) in [4.78, 5) is 0. The van der Waals surface area contributed by atoms with E-state index in [9.17, 15) is 13.2 Å². The summed E-state index contributed by atoms with van der Waals surface area (Å²) < 4.78 is 38.7. The van der Waals surface area contributed by atoms with Crippen molar-refractivity contribution in [2.24, 2.45) is 0 Å². The molecule has 1 aromatic rings. The van der Waals surface area contributed by atoms with Crippen molar-refractivity contribution in [3.05, 3.63) is 24.0 Å². The van der Waals surface area contributed by atoms with Gasteiger partial charge < -0.3 is 9.67 Å². The fraction of sp³-hybridized carbons (Fsp3) is 0.733. The van der Waals surface area contributed by atoms with E-state index >= 15 is 0 Å². The lowest BCUT2D eigenvalue weighted by Gasteiger charge is -2.12.